The van der Waals surface area contributed by atoms with E-state index in [9.17, 15) is 29.2 Å². The van der Waals surface area contributed by atoms with Crippen LogP contribution in [0.1, 0.15) is 23.6 Å². The Hall–Kier alpha value is -1.85. The molecule has 5 atom stereocenters. The Morgan fingerprint density at radius 1 is 1.12 bits per heavy atom. The number of aliphatic hydroxyl groups is 4. The minimum Gasteiger partial charge on any atom is -0.487 e. The zero-order valence-corrected chi connectivity index (χ0v) is 18.5. The topological polar surface area (TPSA) is 109 Å². The van der Waals surface area contributed by atoms with Gasteiger partial charge in [0.15, 0.2) is 6.61 Å². The van der Waals surface area contributed by atoms with Crippen molar-refractivity contribution < 1.29 is 43.4 Å². The van der Waals surface area contributed by atoms with E-state index in [-0.39, 0.29) is 6.61 Å². The molecular weight excluding hydrogens is 462 g/mol. The second-order valence-electron chi connectivity index (χ2n) is 8.65. The summed E-state index contributed by atoms with van der Waals surface area (Å²) >= 11 is 6.38. The number of rotatable bonds is 7. The number of aliphatic hydroxyl groups excluding tert-OH is 4. The highest BCUT2D eigenvalue weighted by molar-refractivity contribution is 6.31. The zero-order valence-electron chi connectivity index (χ0n) is 17.7. The number of ether oxygens (including phenoxy) is 3. The summed E-state index contributed by atoms with van der Waals surface area (Å²) in [4.78, 5) is 0. The molecule has 7 nitrogen and oxygen atoms in total. The van der Waals surface area contributed by atoms with Gasteiger partial charge in [0.25, 0.3) is 5.92 Å². The van der Waals surface area contributed by atoms with Crippen LogP contribution in [-0.4, -0.2) is 70.1 Å². The minimum absolute atomic E-state index is 0.227. The first kappa shape index (κ1) is 24.3. The average Bonchev–Trinajstić information content (AvgIpc) is 3.17. The molecule has 2 aromatic rings. The quantitative estimate of drug-likeness (QED) is 0.474. The predicted molar refractivity (Wildman–Crippen MR) is 113 cm³/mol. The highest BCUT2D eigenvalue weighted by Crippen LogP contribution is 2.49. The first-order valence-corrected chi connectivity index (χ1v) is 10.8. The maximum absolute atomic E-state index is 13.0. The third-order valence-corrected chi connectivity index (χ3v) is 6.36. The Morgan fingerprint density at radius 2 is 1.82 bits per heavy atom. The standard InChI is InChI=1S/C23H25ClF2O7/c1-21(25,26)11-31-16-5-2-13(3-6-16)8-14-9-15(4-7-17(14)24)23-20(30)18(28)19(29)22(10-27,33-23)12-32-23/h2-7,9,18-20,27-30H,8,10-12H2,1H3/t18-,19-,20+,22+,23+/m0/s1. The van der Waals surface area contributed by atoms with Crippen molar-refractivity contribution in [2.45, 2.75) is 49.0 Å². The fourth-order valence-corrected chi connectivity index (χ4v) is 4.32. The number of hydrogen-bond donors (Lipinski definition) is 4. The second-order valence-corrected chi connectivity index (χ2v) is 9.05. The highest BCUT2D eigenvalue weighted by Gasteiger charge is 2.67. The molecule has 10 heteroatoms. The van der Waals surface area contributed by atoms with Gasteiger partial charge in [-0.2, -0.15) is 0 Å². The summed E-state index contributed by atoms with van der Waals surface area (Å²) in [5.41, 5.74) is 0.267. The lowest BCUT2D eigenvalue weighted by Crippen LogP contribution is -2.65. The molecule has 2 saturated heterocycles. The van der Waals surface area contributed by atoms with E-state index in [1.165, 1.54) is 0 Å². The zero-order chi connectivity index (χ0) is 24.0. The van der Waals surface area contributed by atoms with Gasteiger partial charge >= 0.3 is 0 Å². The van der Waals surface area contributed by atoms with E-state index < -0.39 is 48.8 Å². The van der Waals surface area contributed by atoms with Crippen LogP contribution in [0.5, 0.6) is 5.75 Å². The van der Waals surface area contributed by atoms with Gasteiger partial charge in [0.05, 0.1) is 13.2 Å². The van der Waals surface area contributed by atoms with Gasteiger partial charge in [-0.25, -0.2) is 8.78 Å². The fraction of sp³-hybridized carbons (Fsp3) is 0.478. The molecule has 2 aliphatic heterocycles. The summed E-state index contributed by atoms with van der Waals surface area (Å²) in [6, 6.07) is 11.4. The lowest BCUT2D eigenvalue weighted by Gasteiger charge is -2.46. The largest absolute Gasteiger partial charge is 0.487 e. The molecule has 4 rings (SSSR count). The molecule has 0 saturated carbocycles. The summed E-state index contributed by atoms with van der Waals surface area (Å²) in [5, 5.41) is 41.6. The number of benzene rings is 2. The van der Waals surface area contributed by atoms with Crippen molar-refractivity contribution in [1.29, 1.82) is 0 Å². The van der Waals surface area contributed by atoms with Crippen LogP contribution in [0.3, 0.4) is 0 Å². The SMILES string of the molecule is CC(F)(F)COc1ccc(Cc2cc([C@@]34OC[C@@](CO)(O3)[C@@H](O)[C@H](O)[C@H]4O)ccc2Cl)cc1. The number of alkyl halides is 2. The van der Waals surface area contributed by atoms with Gasteiger partial charge in [0.2, 0.25) is 5.79 Å². The average molecular weight is 487 g/mol. The summed E-state index contributed by atoms with van der Waals surface area (Å²) in [5.74, 6) is -4.41. The van der Waals surface area contributed by atoms with Gasteiger partial charge in [-0.3, -0.25) is 0 Å². The van der Waals surface area contributed by atoms with Crippen LogP contribution in [0.4, 0.5) is 8.78 Å². The first-order chi connectivity index (χ1) is 15.5. The van der Waals surface area contributed by atoms with Crippen LogP contribution in [-0.2, 0) is 21.7 Å². The predicted octanol–water partition coefficient (Wildman–Crippen LogP) is 1.99. The molecule has 33 heavy (non-hydrogen) atoms. The lowest BCUT2D eigenvalue weighted by molar-refractivity contribution is -0.329. The monoisotopic (exact) mass is 486 g/mol. The van der Waals surface area contributed by atoms with Gasteiger partial charge in [0.1, 0.15) is 29.7 Å². The molecule has 180 valence electrons. The normalized spacial score (nSPS) is 31.6. The molecule has 2 aromatic carbocycles. The van der Waals surface area contributed by atoms with Crippen molar-refractivity contribution in [3.63, 3.8) is 0 Å². The first-order valence-electron chi connectivity index (χ1n) is 10.4. The molecule has 2 aliphatic rings. The van der Waals surface area contributed by atoms with Crippen molar-refractivity contribution in [1.82, 2.24) is 0 Å². The van der Waals surface area contributed by atoms with Gasteiger partial charge in [-0.05, 0) is 41.8 Å². The van der Waals surface area contributed by atoms with Gasteiger partial charge in [-0.15, -0.1) is 0 Å². The number of hydrogen-bond acceptors (Lipinski definition) is 7. The van der Waals surface area contributed by atoms with E-state index in [0.717, 1.165) is 12.5 Å². The van der Waals surface area contributed by atoms with Crippen LogP contribution in [0.15, 0.2) is 42.5 Å². The van der Waals surface area contributed by atoms with Crippen molar-refractivity contribution in [2.24, 2.45) is 0 Å². The number of fused-ring (bicyclic) bond motifs is 2. The maximum atomic E-state index is 13.0. The summed E-state index contributed by atoms with van der Waals surface area (Å²) in [6.45, 7) is -0.783. The third-order valence-electron chi connectivity index (χ3n) is 5.99. The highest BCUT2D eigenvalue weighted by atomic mass is 35.5. The van der Waals surface area contributed by atoms with E-state index >= 15 is 0 Å². The van der Waals surface area contributed by atoms with Crippen molar-refractivity contribution >= 4 is 11.6 Å². The van der Waals surface area contributed by atoms with Crippen LogP contribution >= 0.6 is 11.6 Å². The smallest absolute Gasteiger partial charge is 0.278 e. The van der Waals surface area contributed by atoms with Gasteiger partial charge in [0, 0.05) is 17.5 Å². The molecule has 0 aromatic heterocycles. The molecule has 0 spiro atoms. The van der Waals surface area contributed by atoms with E-state index in [0.29, 0.717) is 28.3 Å². The maximum Gasteiger partial charge on any atom is 0.278 e. The summed E-state index contributed by atoms with van der Waals surface area (Å²) in [6.07, 6.45) is -4.39. The van der Waals surface area contributed by atoms with Crippen LogP contribution < -0.4 is 4.74 Å². The van der Waals surface area contributed by atoms with Crippen molar-refractivity contribution in [2.75, 3.05) is 19.8 Å². The molecule has 0 unspecified atom stereocenters. The molecule has 0 aliphatic carbocycles. The molecule has 2 bridgehead atoms. The Balaban J connectivity index is 1.58. The van der Waals surface area contributed by atoms with Crippen LogP contribution in [0.25, 0.3) is 0 Å². The van der Waals surface area contributed by atoms with Crippen molar-refractivity contribution in [3.05, 3.63) is 64.2 Å². The molecule has 0 amide bonds. The molecule has 2 heterocycles. The molecular formula is C23H25ClF2O7. The van der Waals surface area contributed by atoms with Crippen molar-refractivity contribution in [3.8, 4) is 5.75 Å². The number of halogens is 3. The fourth-order valence-electron chi connectivity index (χ4n) is 4.14. The molecule has 2 fully saturated rings. The molecule has 4 N–H and O–H groups in total. The van der Waals surface area contributed by atoms with Crippen LogP contribution in [0.2, 0.25) is 5.02 Å². The Morgan fingerprint density at radius 3 is 2.45 bits per heavy atom. The Kier molecular flexibility index (Phi) is 6.43. The van der Waals surface area contributed by atoms with E-state index in [1.54, 1.807) is 42.5 Å². The Labute approximate surface area is 194 Å². The Bertz CT molecular complexity index is 999. The second kappa shape index (κ2) is 8.74. The summed E-state index contributed by atoms with van der Waals surface area (Å²) < 4.78 is 42.6. The van der Waals surface area contributed by atoms with E-state index in [1.807, 2.05) is 0 Å². The van der Waals surface area contributed by atoms with E-state index in [2.05, 4.69) is 0 Å². The van der Waals surface area contributed by atoms with Gasteiger partial charge in [-0.1, -0.05) is 29.8 Å². The molecule has 0 radical (unpaired) electrons. The third kappa shape index (κ3) is 4.46. The lowest BCUT2D eigenvalue weighted by atomic mass is 9.83. The minimum atomic E-state index is -2.93. The van der Waals surface area contributed by atoms with Crippen LogP contribution in [0, 0.1) is 0 Å². The van der Waals surface area contributed by atoms with Gasteiger partial charge < -0.3 is 34.6 Å². The van der Waals surface area contributed by atoms with E-state index in [4.69, 9.17) is 25.8 Å². The summed E-state index contributed by atoms with van der Waals surface area (Å²) in [7, 11) is 0.